The van der Waals surface area contributed by atoms with E-state index < -0.39 is 9.84 Å². The molecule has 122 valence electrons. The van der Waals surface area contributed by atoms with Gasteiger partial charge < -0.3 is 5.32 Å². The maximum atomic E-state index is 12.2. The van der Waals surface area contributed by atoms with Gasteiger partial charge in [-0.25, -0.2) is 8.42 Å². The van der Waals surface area contributed by atoms with E-state index >= 15 is 0 Å². The largest absolute Gasteiger partial charge is 0.348 e. The third-order valence-electron chi connectivity index (χ3n) is 3.84. The molecule has 0 bridgehead atoms. The molecule has 1 heterocycles. The minimum Gasteiger partial charge on any atom is -0.348 e. The first kappa shape index (κ1) is 16.3. The van der Waals surface area contributed by atoms with E-state index in [9.17, 15) is 13.2 Å². The molecule has 2 aromatic rings. The summed E-state index contributed by atoms with van der Waals surface area (Å²) in [5.41, 5.74) is 2.25. The van der Waals surface area contributed by atoms with Gasteiger partial charge in [0.1, 0.15) is 0 Å². The average Bonchev–Trinajstić information content (AvgIpc) is 2.93. The van der Waals surface area contributed by atoms with Crippen molar-refractivity contribution in [1.29, 1.82) is 0 Å². The van der Waals surface area contributed by atoms with Gasteiger partial charge in [-0.05, 0) is 42.8 Å². The Morgan fingerprint density at radius 1 is 0.958 bits per heavy atom. The topological polar surface area (TPSA) is 63.2 Å². The second kappa shape index (κ2) is 6.90. The predicted molar refractivity (Wildman–Crippen MR) is 93.4 cm³/mol. The Morgan fingerprint density at radius 2 is 1.58 bits per heavy atom. The van der Waals surface area contributed by atoms with Crippen molar-refractivity contribution in [2.45, 2.75) is 12.5 Å². The van der Waals surface area contributed by atoms with Crippen LogP contribution in [0.2, 0.25) is 0 Å². The number of rotatable bonds is 2. The van der Waals surface area contributed by atoms with Gasteiger partial charge in [-0.1, -0.05) is 30.0 Å². The summed E-state index contributed by atoms with van der Waals surface area (Å²) in [5.74, 6) is 6.03. The Hall–Kier alpha value is -2.58. The lowest BCUT2D eigenvalue weighted by Gasteiger charge is -2.10. The van der Waals surface area contributed by atoms with E-state index in [-0.39, 0.29) is 23.5 Å². The van der Waals surface area contributed by atoms with E-state index in [1.807, 2.05) is 30.3 Å². The van der Waals surface area contributed by atoms with Gasteiger partial charge >= 0.3 is 0 Å². The Balaban J connectivity index is 1.64. The van der Waals surface area contributed by atoms with Crippen molar-refractivity contribution in [2.75, 3.05) is 11.5 Å². The van der Waals surface area contributed by atoms with Crippen molar-refractivity contribution in [3.05, 3.63) is 71.3 Å². The lowest BCUT2D eigenvalue weighted by atomic mass is 10.1. The van der Waals surface area contributed by atoms with Gasteiger partial charge in [0, 0.05) is 22.7 Å². The lowest BCUT2D eigenvalue weighted by molar-refractivity contribution is 0.0941. The zero-order valence-corrected chi connectivity index (χ0v) is 13.8. The molecular formula is C19H17NO3S. The minimum atomic E-state index is -3.00. The van der Waals surface area contributed by atoms with E-state index in [4.69, 9.17) is 0 Å². The molecule has 0 saturated carbocycles. The molecule has 1 aliphatic rings. The Kier molecular flexibility index (Phi) is 4.68. The number of hydrogen-bond donors (Lipinski definition) is 1. The number of sulfone groups is 1. The van der Waals surface area contributed by atoms with Crippen molar-refractivity contribution >= 4 is 15.7 Å². The number of carbonyl (C=O) groups is 1. The number of amides is 1. The molecule has 0 spiro atoms. The third kappa shape index (κ3) is 4.24. The van der Waals surface area contributed by atoms with E-state index in [1.54, 1.807) is 24.3 Å². The monoisotopic (exact) mass is 339 g/mol. The molecule has 5 heteroatoms. The fourth-order valence-corrected chi connectivity index (χ4v) is 4.22. The number of carbonyl (C=O) groups excluding carboxylic acids is 1. The first-order chi connectivity index (χ1) is 11.5. The Labute approximate surface area is 141 Å². The quantitative estimate of drug-likeness (QED) is 0.851. The van der Waals surface area contributed by atoms with Crippen molar-refractivity contribution in [2.24, 2.45) is 0 Å². The van der Waals surface area contributed by atoms with Gasteiger partial charge in [0.2, 0.25) is 0 Å². The molecule has 1 unspecified atom stereocenters. The number of nitrogens with one attached hydrogen (secondary N) is 1. The van der Waals surface area contributed by atoms with Crippen LogP contribution >= 0.6 is 0 Å². The summed E-state index contributed by atoms with van der Waals surface area (Å²) in [5, 5.41) is 2.77. The highest BCUT2D eigenvalue weighted by atomic mass is 32.2. The highest BCUT2D eigenvalue weighted by molar-refractivity contribution is 7.91. The normalized spacial score (nSPS) is 18.4. The van der Waals surface area contributed by atoms with Crippen LogP contribution in [0.5, 0.6) is 0 Å². The molecule has 1 fully saturated rings. The smallest absolute Gasteiger partial charge is 0.251 e. The molecule has 2 aromatic carbocycles. The third-order valence-corrected chi connectivity index (χ3v) is 5.61. The van der Waals surface area contributed by atoms with E-state index in [1.165, 1.54) is 0 Å². The summed E-state index contributed by atoms with van der Waals surface area (Å²) in [6, 6.07) is 16.4. The van der Waals surface area contributed by atoms with E-state index in [0.29, 0.717) is 12.0 Å². The minimum absolute atomic E-state index is 0.0272. The Bertz CT molecular complexity index is 891. The molecule has 1 amide bonds. The van der Waals surface area contributed by atoms with Crippen LogP contribution < -0.4 is 5.32 Å². The van der Waals surface area contributed by atoms with E-state index in [2.05, 4.69) is 17.2 Å². The molecular weight excluding hydrogens is 322 g/mol. The summed E-state index contributed by atoms with van der Waals surface area (Å²) in [7, 11) is -3.00. The van der Waals surface area contributed by atoms with Crippen LogP contribution in [0.1, 0.15) is 27.9 Å². The first-order valence-corrected chi connectivity index (χ1v) is 9.52. The molecule has 3 rings (SSSR count). The lowest BCUT2D eigenvalue weighted by Crippen LogP contribution is -2.35. The van der Waals surface area contributed by atoms with Crippen LogP contribution in [0.3, 0.4) is 0 Å². The van der Waals surface area contributed by atoms with Gasteiger partial charge in [0.05, 0.1) is 11.5 Å². The number of hydrogen-bond acceptors (Lipinski definition) is 3. The highest BCUT2D eigenvalue weighted by Gasteiger charge is 2.29. The maximum Gasteiger partial charge on any atom is 0.251 e. The van der Waals surface area contributed by atoms with Gasteiger partial charge in [0.15, 0.2) is 9.84 Å². The molecule has 1 N–H and O–H groups in total. The van der Waals surface area contributed by atoms with Gasteiger partial charge in [-0.3, -0.25) is 4.79 Å². The van der Waals surface area contributed by atoms with Gasteiger partial charge in [-0.15, -0.1) is 0 Å². The first-order valence-electron chi connectivity index (χ1n) is 7.70. The fourth-order valence-electron chi connectivity index (χ4n) is 2.55. The van der Waals surface area contributed by atoms with Crippen LogP contribution in [0.4, 0.5) is 0 Å². The van der Waals surface area contributed by atoms with Crippen molar-refractivity contribution < 1.29 is 13.2 Å². The van der Waals surface area contributed by atoms with E-state index in [0.717, 1.165) is 11.1 Å². The van der Waals surface area contributed by atoms with Crippen LogP contribution in [-0.2, 0) is 9.84 Å². The van der Waals surface area contributed by atoms with Crippen molar-refractivity contribution in [3.8, 4) is 11.8 Å². The molecule has 1 atom stereocenters. The second-order valence-electron chi connectivity index (χ2n) is 5.77. The molecule has 1 aliphatic heterocycles. The van der Waals surface area contributed by atoms with Crippen molar-refractivity contribution in [3.63, 3.8) is 0 Å². The summed E-state index contributed by atoms with van der Waals surface area (Å²) < 4.78 is 22.9. The predicted octanol–water partition coefficient (Wildman–Crippen LogP) is 2.00. The molecule has 0 aromatic heterocycles. The van der Waals surface area contributed by atoms with Crippen LogP contribution in [0.25, 0.3) is 0 Å². The summed E-state index contributed by atoms with van der Waals surface area (Å²) in [6.45, 7) is 0. The Morgan fingerprint density at radius 3 is 2.17 bits per heavy atom. The summed E-state index contributed by atoms with van der Waals surface area (Å²) >= 11 is 0. The summed E-state index contributed by atoms with van der Waals surface area (Å²) in [4.78, 5) is 12.2. The average molecular weight is 339 g/mol. The zero-order valence-electron chi connectivity index (χ0n) is 13.0. The fraction of sp³-hybridized carbons (Fsp3) is 0.211. The maximum absolute atomic E-state index is 12.2. The molecule has 24 heavy (non-hydrogen) atoms. The van der Waals surface area contributed by atoms with Gasteiger partial charge in [-0.2, -0.15) is 0 Å². The SMILES string of the molecule is O=C(NC1CCS(=O)(=O)C1)c1ccc(C#Cc2ccccc2)cc1. The van der Waals surface area contributed by atoms with Crippen LogP contribution in [-0.4, -0.2) is 31.9 Å². The number of benzene rings is 2. The highest BCUT2D eigenvalue weighted by Crippen LogP contribution is 2.12. The van der Waals surface area contributed by atoms with Crippen LogP contribution in [0, 0.1) is 11.8 Å². The molecule has 0 radical (unpaired) electrons. The van der Waals surface area contributed by atoms with Crippen LogP contribution in [0.15, 0.2) is 54.6 Å². The van der Waals surface area contributed by atoms with Gasteiger partial charge in [0.25, 0.3) is 5.91 Å². The zero-order chi connectivity index (χ0) is 17.0. The molecule has 4 nitrogen and oxygen atoms in total. The molecule has 1 saturated heterocycles. The second-order valence-corrected chi connectivity index (χ2v) is 8.00. The van der Waals surface area contributed by atoms with Crippen molar-refractivity contribution in [1.82, 2.24) is 5.32 Å². The summed E-state index contributed by atoms with van der Waals surface area (Å²) in [6.07, 6.45) is 0.481. The molecule has 0 aliphatic carbocycles. The standard InChI is InChI=1S/C19H17NO3S/c21-19(20-18-12-13-24(22,23)14-18)17-10-8-16(9-11-17)7-6-15-4-2-1-3-5-15/h1-5,8-11,18H,12-14H2,(H,20,21).